The smallest absolute Gasteiger partial charge is 0.100 e. The van der Waals surface area contributed by atoms with Crippen molar-refractivity contribution >= 4 is 70.0 Å². The fourth-order valence-electron chi connectivity index (χ4n) is 9.49. The van der Waals surface area contributed by atoms with Crippen molar-refractivity contribution in [2.24, 2.45) is 0 Å². The summed E-state index contributed by atoms with van der Waals surface area (Å²) in [6.07, 6.45) is 7.73. The number of nitrogens with zero attached hydrogens (tertiary/aromatic N) is 1. The van der Waals surface area contributed by atoms with E-state index in [4.69, 9.17) is 0 Å². The molecule has 0 saturated heterocycles. The van der Waals surface area contributed by atoms with Crippen molar-refractivity contribution < 1.29 is 0 Å². The van der Waals surface area contributed by atoms with E-state index in [9.17, 15) is 0 Å². The van der Waals surface area contributed by atoms with Gasteiger partial charge in [-0.15, -0.1) is 11.3 Å². The molecule has 1 unspecified atom stereocenters. The zero-order valence-corrected chi connectivity index (χ0v) is 32.7. The molecule has 0 aliphatic heterocycles. The normalized spacial score (nSPS) is 15.3. The highest BCUT2D eigenvalue weighted by molar-refractivity contribution is 7.25. The molecule has 0 saturated carbocycles. The summed E-state index contributed by atoms with van der Waals surface area (Å²) in [5.41, 5.74) is 10.3. The van der Waals surface area contributed by atoms with Crippen molar-refractivity contribution in [3.05, 3.63) is 236 Å². The van der Waals surface area contributed by atoms with Gasteiger partial charge in [-0.2, -0.15) is 0 Å². The molecule has 2 heteroatoms. The molecular formula is C56H39NS. The van der Waals surface area contributed by atoms with E-state index in [1.165, 1.54) is 86.4 Å². The molecule has 274 valence electrons. The highest BCUT2D eigenvalue weighted by Crippen LogP contribution is 2.55. The third kappa shape index (κ3) is 5.52. The maximum Gasteiger partial charge on any atom is 0.100 e. The van der Waals surface area contributed by atoms with Crippen LogP contribution >= 0.6 is 11.3 Å². The van der Waals surface area contributed by atoms with Gasteiger partial charge in [-0.05, 0) is 91.9 Å². The third-order valence-corrected chi connectivity index (χ3v) is 13.1. The van der Waals surface area contributed by atoms with Gasteiger partial charge in [-0.3, -0.25) is 0 Å². The number of allylic oxidation sites excluding steroid dienone is 2. The Morgan fingerprint density at radius 1 is 0.448 bits per heavy atom. The fourth-order valence-corrected chi connectivity index (χ4v) is 10.6. The van der Waals surface area contributed by atoms with E-state index >= 15 is 0 Å². The van der Waals surface area contributed by atoms with Gasteiger partial charge >= 0.3 is 0 Å². The van der Waals surface area contributed by atoms with E-state index in [1.54, 1.807) is 0 Å². The Labute approximate surface area is 343 Å². The first-order valence-corrected chi connectivity index (χ1v) is 20.9. The lowest BCUT2D eigenvalue weighted by atomic mass is 9.70. The van der Waals surface area contributed by atoms with Crippen molar-refractivity contribution in [2.75, 3.05) is 4.90 Å². The molecule has 0 spiro atoms. The number of hydrogen-bond donors (Lipinski definition) is 0. The number of thiophene rings is 1. The molecule has 1 aliphatic rings. The molecule has 1 aromatic heterocycles. The minimum atomic E-state index is -0.654. The standard InChI is InChI=1S/C56H39NS/c1-3-18-39(19-4-1)45-24-11-13-30-51(45)56(37-16-15-29-50(56)41-20-5-2-6-21-41)57(52-38-42-22-7-8-23-44(42)47-25-9-10-26-48(47)52)43-35-33-40(34-36-43)46-28-17-32-54-55(46)49-27-12-14-31-53(49)58-54/h1-36,38H,37H2. The van der Waals surface area contributed by atoms with Crippen molar-refractivity contribution in [3.8, 4) is 22.3 Å². The molecule has 0 radical (unpaired) electrons. The Morgan fingerprint density at radius 3 is 1.86 bits per heavy atom. The maximum atomic E-state index is 2.68. The topological polar surface area (TPSA) is 3.24 Å². The molecule has 1 heterocycles. The summed E-state index contributed by atoms with van der Waals surface area (Å²) < 4.78 is 2.63. The van der Waals surface area contributed by atoms with Crippen LogP contribution in [-0.4, -0.2) is 0 Å². The minimum absolute atomic E-state index is 0.654. The van der Waals surface area contributed by atoms with Crippen LogP contribution in [0.5, 0.6) is 0 Å². The Hall–Kier alpha value is -7.00. The third-order valence-electron chi connectivity index (χ3n) is 12.0. The Morgan fingerprint density at radius 2 is 1.05 bits per heavy atom. The minimum Gasteiger partial charge on any atom is -0.326 e. The predicted molar refractivity (Wildman–Crippen MR) is 250 cm³/mol. The predicted octanol–water partition coefficient (Wildman–Crippen LogP) is 15.8. The van der Waals surface area contributed by atoms with Crippen molar-refractivity contribution in [1.82, 2.24) is 0 Å². The lowest BCUT2D eigenvalue weighted by Crippen LogP contribution is -2.45. The zero-order chi connectivity index (χ0) is 38.5. The van der Waals surface area contributed by atoms with E-state index in [0.29, 0.717) is 0 Å². The highest BCUT2D eigenvalue weighted by Gasteiger charge is 2.46. The molecule has 1 aliphatic carbocycles. The van der Waals surface area contributed by atoms with Crippen LogP contribution in [0.3, 0.4) is 0 Å². The van der Waals surface area contributed by atoms with E-state index in [0.717, 1.165) is 12.1 Å². The average molecular weight is 758 g/mol. The highest BCUT2D eigenvalue weighted by atomic mass is 32.1. The average Bonchev–Trinajstić information content (AvgIpc) is 3.69. The lowest BCUT2D eigenvalue weighted by molar-refractivity contribution is 0.569. The van der Waals surface area contributed by atoms with E-state index < -0.39 is 5.54 Å². The van der Waals surface area contributed by atoms with Crippen molar-refractivity contribution in [1.29, 1.82) is 0 Å². The van der Waals surface area contributed by atoms with Gasteiger partial charge in [0.15, 0.2) is 0 Å². The molecule has 0 amide bonds. The van der Waals surface area contributed by atoms with Crippen LogP contribution in [0.1, 0.15) is 17.5 Å². The molecule has 0 N–H and O–H groups in total. The largest absolute Gasteiger partial charge is 0.326 e. The second-order valence-corrected chi connectivity index (χ2v) is 16.3. The van der Waals surface area contributed by atoms with Crippen LogP contribution in [0.15, 0.2) is 224 Å². The van der Waals surface area contributed by atoms with Gasteiger partial charge in [-0.1, -0.05) is 194 Å². The Balaban J connectivity index is 1.23. The van der Waals surface area contributed by atoms with Crippen molar-refractivity contribution in [3.63, 3.8) is 0 Å². The molecular weight excluding hydrogens is 719 g/mol. The summed E-state index contributed by atoms with van der Waals surface area (Å²) in [4.78, 5) is 2.68. The summed E-state index contributed by atoms with van der Waals surface area (Å²) in [5, 5.41) is 7.59. The van der Waals surface area contributed by atoms with Crippen LogP contribution in [0.4, 0.5) is 11.4 Å². The maximum absolute atomic E-state index is 2.68. The van der Waals surface area contributed by atoms with Gasteiger partial charge < -0.3 is 4.90 Å². The quantitative estimate of drug-likeness (QED) is 0.146. The van der Waals surface area contributed by atoms with Gasteiger partial charge in [0.05, 0.1) is 5.69 Å². The van der Waals surface area contributed by atoms with E-state index in [1.807, 2.05) is 11.3 Å². The summed E-state index contributed by atoms with van der Waals surface area (Å²) in [6.45, 7) is 0. The van der Waals surface area contributed by atoms with Crippen LogP contribution < -0.4 is 4.90 Å². The molecule has 0 bridgehead atoms. The summed E-state index contributed by atoms with van der Waals surface area (Å²) in [7, 11) is 0. The van der Waals surface area contributed by atoms with Crippen molar-refractivity contribution in [2.45, 2.75) is 12.0 Å². The fraction of sp³-hybridized carbons (Fsp3) is 0.0357. The van der Waals surface area contributed by atoms with Gasteiger partial charge in [0.25, 0.3) is 0 Å². The van der Waals surface area contributed by atoms with Gasteiger partial charge in [0, 0.05) is 31.2 Å². The first-order valence-electron chi connectivity index (χ1n) is 20.1. The number of anilines is 2. The van der Waals surface area contributed by atoms with Gasteiger partial charge in [0.2, 0.25) is 0 Å². The molecule has 1 nitrogen and oxygen atoms in total. The number of benzene rings is 9. The molecule has 11 rings (SSSR count). The summed E-state index contributed by atoms with van der Waals surface area (Å²) in [6, 6.07) is 76.1. The van der Waals surface area contributed by atoms with E-state index in [-0.39, 0.29) is 0 Å². The molecule has 9 aromatic carbocycles. The first kappa shape index (κ1) is 34.3. The Bertz CT molecular complexity index is 3190. The second-order valence-electron chi connectivity index (χ2n) is 15.2. The molecule has 58 heavy (non-hydrogen) atoms. The van der Waals surface area contributed by atoms with Gasteiger partial charge in [0.1, 0.15) is 5.54 Å². The number of hydrogen-bond acceptors (Lipinski definition) is 2. The number of rotatable bonds is 7. The molecule has 1 atom stereocenters. The lowest BCUT2D eigenvalue weighted by Gasteiger charge is -2.49. The van der Waals surface area contributed by atoms with E-state index in [2.05, 4.69) is 229 Å². The zero-order valence-electron chi connectivity index (χ0n) is 31.9. The summed E-state index contributed by atoms with van der Waals surface area (Å²) >= 11 is 1.87. The SMILES string of the molecule is C1=CCC(c2ccccc2-c2ccccc2)(N(c2ccc(-c3cccc4sc5ccccc5c34)cc2)c2cc3ccccc3c3ccccc23)C(c2ccccc2)=C1. The van der Waals surface area contributed by atoms with Crippen LogP contribution in [0, 0.1) is 0 Å². The first-order chi connectivity index (χ1) is 28.8. The van der Waals surface area contributed by atoms with Crippen LogP contribution in [0.2, 0.25) is 0 Å². The molecule has 0 fully saturated rings. The number of fused-ring (bicyclic) bond motifs is 6. The van der Waals surface area contributed by atoms with Crippen LogP contribution in [0.25, 0.3) is 69.5 Å². The van der Waals surface area contributed by atoms with Gasteiger partial charge in [-0.25, -0.2) is 0 Å². The molecule has 10 aromatic rings. The second kappa shape index (κ2) is 14.2. The monoisotopic (exact) mass is 757 g/mol. The Kier molecular flexibility index (Phi) is 8.38. The van der Waals surface area contributed by atoms with Crippen LogP contribution in [-0.2, 0) is 5.54 Å². The summed E-state index contributed by atoms with van der Waals surface area (Å²) in [5.74, 6) is 0.